The number of oxazole rings is 1. The lowest BCUT2D eigenvalue weighted by Gasteiger charge is -1.99. The molecule has 0 aliphatic carbocycles. The fraction of sp³-hybridized carbons (Fsp3) is 0.250. The van der Waals surface area contributed by atoms with Gasteiger partial charge in [0.2, 0.25) is 5.89 Å². The number of hydrogen-bond donors (Lipinski definition) is 1. The van der Waals surface area contributed by atoms with Crippen molar-refractivity contribution < 1.29 is 14.3 Å². The van der Waals surface area contributed by atoms with Crippen LogP contribution in [-0.4, -0.2) is 23.8 Å². The number of rotatable bonds is 4. The van der Waals surface area contributed by atoms with Crippen LogP contribution >= 0.6 is 0 Å². The van der Waals surface area contributed by atoms with Crippen molar-refractivity contribution in [2.24, 2.45) is 0 Å². The molecule has 1 aromatic carbocycles. The minimum atomic E-state index is 0.0667. The van der Waals surface area contributed by atoms with E-state index in [1.807, 2.05) is 24.3 Å². The molecule has 0 spiro atoms. The third kappa shape index (κ3) is 2.23. The standard InChI is InChI=1S/C12H13NO3/c1-15-10-4-2-9(3-5-10)12-13-8-11(16-12)6-7-14/h2-5,8,14H,6-7H2,1H3. The Balaban J connectivity index is 2.21. The summed E-state index contributed by atoms with van der Waals surface area (Å²) in [4.78, 5) is 4.14. The first-order valence-electron chi connectivity index (χ1n) is 5.03. The highest BCUT2D eigenvalue weighted by Gasteiger charge is 2.06. The van der Waals surface area contributed by atoms with Gasteiger partial charge in [0.05, 0.1) is 19.9 Å². The highest BCUT2D eigenvalue weighted by molar-refractivity contribution is 5.54. The van der Waals surface area contributed by atoms with Crippen LogP contribution < -0.4 is 4.74 Å². The molecule has 0 fully saturated rings. The van der Waals surface area contributed by atoms with E-state index in [2.05, 4.69) is 4.98 Å². The summed E-state index contributed by atoms with van der Waals surface area (Å²) in [7, 11) is 1.62. The number of nitrogens with zero attached hydrogens (tertiary/aromatic N) is 1. The van der Waals surface area contributed by atoms with Gasteiger partial charge in [-0.25, -0.2) is 4.98 Å². The predicted octanol–water partition coefficient (Wildman–Crippen LogP) is 1.89. The van der Waals surface area contributed by atoms with Gasteiger partial charge >= 0.3 is 0 Å². The zero-order valence-corrected chi connectivity index (χ0v) is 9.01. The number of aromatic nitrogens is 1. The van der Waals surface area contributed by atoms with E-state index in [0.29, 0.717) is 18.1 Å². The van der Waals surface area contributed by atoms with Crippen LogP contribution in [0.15, 0.2) is 34.9 Å². The molecule has 16 heavy (non-hydrogen) atoms. The SMILES string of the molecule is COc1ccc(-c2ncc(CCO)o2)cc1. The van der Waals surface area contributed by atoms with Gasteiger partial charge < -0.3 is 14.3 Å². The van der Waals surface area contributed by atoms with Crippen molar-refractivity contribution in [2.75, 3.05) is 13.7 Å². The van der Waals surface area contributed by atoms with Gasteiger partial charge in [-0.05, 0) is 24.3 Å². The molecule has 0 aliphatic heterocycles. The second kappa shape index (κ2) is 4.81. The van der Waals surface area contributed by atoms with E-state index in [-0.39, 0.29) is 6.61 Å². The Morgan fingerprint density at radius 3 is 2.69 bits per heavy atom. The van der Waals surface area contributed by atoms with Crippen LogP contribution in [0.3, 0.4) is 0 Å². The summed E-state index contributed by atoms with van der Waals surface area (Å²) in [5.74, 6) is 2.05. The minimum absolute atomic E-state index is 0.0667. The Morgan fingerprint density at radius 1 is 1.31 bits per heavy atom. The normalized spacial score (nSPS) is 10.4. The smallest absolute Gasteiger partial charge is 0.226 e. The molecule has 0 unspecified atom stereocenters. The molecule has 1 aromatic heterocycles. The van der Waals surface area contributed by atoms with E-state index in [1.54, 1.807) is 13.3 Å². The van der Waals surface area contributed by atoms with Gasteiger partial charge in [-0.1, -0.05) is 0 Å². The van der Waals surface area contributed by atoms with E-state index in [9.17, 15) is 0 Å². The summed E-state index contributed by atoms with van der Waals surface area (Å²) in [6, 6.07) is 7.47. The first-order valence-corrected chi connectivity index (χ1v) is 5.03. The fourth-order valence-electron chi connectivity index (χ4n) is 1.40. The fourth-order valence-corrected chi connectivity index (χ4v) is 1.40. The van der Waals surface area contributed by atoms with Gasteiger partial charge in [-0.2, -0.15) is 0 Å². The van der Waals surface area contributed by atoms with Crippen molar-refractivity contribution in [1.29, 1.82) is 0 Å². The molecule has 1 heterocycles. The molecule has 0 aliphatic rings. The van der Waals surface area contributed by atoms with Crippen molar-refractivity contribution in [2.45, 2.75) is 6.42 Å². The summed E-state index contributed by atoms with van der Waals surface area (Å²) < 4.78 is 10.5. The molecule has 0 atom stereocenters. The van der Waals surface area contributed by atoms with E-state index >= 15 is 0 Å². The minimum Gasteiger partial charge on any atom is -0.497 e. The van der Waals surface area contributed by atoms with Gasteiger partial charge in [0, 0.05) is 12.0 Å². The van der Waals surface area contributed by atoms with Crippen LogP contribution in [0.1, 0.15) is 5.76 Å². The molecular formula is C12H13NO3. The van der Waals surface area contributed by atoms with Crippen LogP contribution in [0, 0.1) is 0 Å². The lowest BCUT2D eigenvalue weighted by molar-refractivity contribution is 0.288. The first-order chi connectivity index (χ1) is 7.83. The van der Waals surface area contributed by atoms with E-state index in [0.717, 1.165) is 11.3 Å². The van der Waals surface area contributed by atoms with E-state index < -0.39 is 0 Å². The molecule has 4 nitrogen and oxygen atoms in total. The third-order valence-electron chi connectivity index (χ3n) is 2.25. The molecule has 2 rings (SSSR count). The van der Waals surface area contributed by atoms with Crippen molar-refractivity contribution in [3.05, 3.63) is 36.2 Å². The average Bonchev–Trinajstić information content (AvgIpc) is 2.78. The van der Waals surface area contributed by atoms with Crippen molar-refractivity contribution in [1.82, 2.24) is 4.98 Å². The number of ether oxygens (including phenoxy) is 1. The number of aliphatic hydroxyl groups excluding tert-OH is 1. The lowest BCUT2D eigenvalue weighted by Crippen LogP contribution is -1.86. The van der Waals surface area contributed by atoms with Crippen molar-refractivity contribution >= 4 is 0 Å². The highest BCUT2D eigenvalue weighted by Crippen LogP contribution is 2.22. The third-order valence-corrected chi connectivity index (χ3v) is 2.25. The molecule has 0 bridgehead atoms. The largest absolute Gasteiger partial charge is 0.497 e. The summed E-state index contributed by atoms with van der Waals surface area (Å²) >= 11 is 0. The Labute approximate surface area is 93.5 Å². The maximum absolute atomic E-state index is 8.76. The summed E-state index contributed by atoms with van der Waals surface area (Å²) in [6.07, 6.45) is 2.12. The van der Waals surface area contributed by atoms with Gasteiger partial charge in [0.1, 0.15) is 11.5 Å². The molecule has 4 heteroatoms. The number of aliphatic hydroxyl groups is 1. The maximum atomic E-state index is 8.76. The van der Waals surface area contributed by atoms with Gasteiger partial charge in [-0.15, -0.1) is 0 Å². The molecule has 0 radical (unpaired) electrons. The van der Waals surface area contributed by atoms with Crippen molar-refractivity contribution in [3.63, 3.8) is 0 Å². The molecule has 1 N–H and O–H groups in total. The second-order valence-electron chi connectivity index (χ2n) is 3.33. The van der Waals surface area contributed by atoms with Crippen molar-refractivity contribution in [3.8, 4) is 17.2 Å². The number of benzene rings is 1. The topological polar surface area (TPSA) is 55.5 Å². The first kappa shape index (κ1) is 10.7. The zero-order valence-electron chi connectivity index (χ0n) is 9.01. The molecule has 84 valence electrons. The van der Waals surface area contributed by atoms with Crippen LogP contribution in [-0.2, 0) is 6.42 Å². The molecule has 0 amide bonds. The van der Waals surface area contributed by atoms with Crippen LogP contribution in [0.4, 0.5) is 0 Å². The van der Waals surface area contributed by atoms with E-state index in [4.69, 9.17) is 14.3 Å². The Kier molecular flexibility index (Phi) is 3.22. The Morgan fingerprint density at radius 2 is 2.06 bits per heavy atom. The van der Waals surface area contributed by atoms with Gasteiger partial charge in [0.25, 0.3) is 0 Å². The molecule has 0 saturated carbocycles. The van der Waals surface area contributed by atoms with E-state index in [1.165, 1.54) is 0 Å². The Hall–Kier alpha value is -1.81. The quantitative estimate of drug-likeness (QED) is 0.853. The lowest BCUT2D eigenvalue weighted by atomic mass is 10.2. The predicted molar refractivity (Wildman–Crippen MR) is 59.3 cm³/mol. The van der Waals surface area contributed by atoms with Crippen LogP contribution in [0.25, 0.3) is 11.5 Å². The van der Waals surface area contributed by atoms with Crippen LogP contribution in [0.2, 0.25) is 0 Å². The van der Waals surface area contributed by atoms with Gasteiger partial charge in [-0.3, -0.25) is 0 Å². The molecule has 0 saturated heterocycles. The second-order valence-corrected chi connectivity index (χ2v) is 3.33. The number of hydrogen-bond acceptors (Lipinski definition) is 4. The summed E-state index contributed by atoms with van der Waals surface area (Å²) in [6.45, 7) is 0.0667. The molecular weight excluding hydrogens is 206 g/mol. The number of methoxy groups -OCH3 is 1. The Bertz CT molecular complexity index is 448. The summed E-state index contributed by atoms with van der Waals surface area (Å²) in [5.41, 5.74) is 0.894. The van der Waals surface area contributed by atoms with Crippen LogP contribution in [0.5, 0.6) is 5.75 Å². The maximum Gasteiger partial charge on any atom is 0.226 e. The monoisotopic (exact) mass is 219 g/mol. The average molecular weight is 219 g/mol. The molecule has 2 aromatic rings. The van der Waals surface area contributed by atoms with Gasteiger partial charge in [0.15, 0.2) is 0 Å². The summed E-state index contributed by atoms with van der Waals surface area (Å²) in [5, 5.41) is 8.76. The zero-order chi connectivity index (χ0) is 11.4. The highest BCUT2D eigenvalue weighted by atomic mass is 16.5.